The second-order valence-electron chi connectivity index (χ2n) is 5.01. The number of carbonyl (C=O) groups excluding carboxylic acids is 1. The first-order chi connectivity index (χ1) is 8.65. The lowest BCUT2D eigenvalue weighted by Gasteiger charge is -2.15. The van der Waals surface area contributed by atoms with Crippen molar-refractivity contribution < 1.29 is 4.79 Å². The van der Waals surface area contributed by atoms with E-state index in [-0.39, 0.29) is 11.9 Å². The maximum Gasteiger partial charge on any atom is 0.271 e. The number of carbonyl (C=O) groups is 1. The van der Waals surface area contributed by atoms with Crippen LogP contribution in [0.2, 0.25) is 5.15 Å². The first-order valence-electron chi connectivity index (χ1n) is 6.43. The van der Waals surface area contributed by atoms with Crippen LogP contribution in [-0.4, -0.2) is 21.9 Å². The number of aromatic nitrogens is 2. The molecule has 1 heterocycles. The highest BCUT2D eigenvalue weighted by Gasteiger charge is 2.19. The molecule has 0 radical (unpaired) electrons. The SMILES string of the molecule is CC1CCCC(NC(=O)c2cnc(Cl)cn2)CC1. The minimum atomic E-state index is -0.154. The lowest BCUT2D eigenvalue weighted by Crippen LogP contribution is -2.35. The van der Waals surface area contributed by atoms with Crippen LogP contribution in [0, 0.1) is 5.92 Å². The van der Waals surface area contributed by atoms with Gasteiger partial charge in [-0.1, -0.05) is 31.4 Å². The summed E-state index contributed by atoms with van der Waals surface area (Å²) in [5.41, 5.74) is 0.330. The van der Waals surface area contributed by atoms with Gasteiger partial charge in [0.05, 0.1) is 12.4 Å². The summed E-state index contributed by atoms with van der Waals surface area (Å²) in [5.74, 6) is 0.612. The smallest absolute Gasteiger partial charge is 0.271 e. The van der Waals surface area contributed by atoms with Gasteiger partial charge in [0.15, 0.2) is 0 Å². The molecule has 0 spiro atoms. The maximum absolute atomic E-state index is 12.0. The van der Waals surface area contributed by atoms with Crippen LogP contribution >= 0.6 is 11.6 Å². The van der Waals surface area contributed by atoms with E-state index in [1.165, 1.54) is 31.7 Å². The normalized spacial score (nSPS) is 24.3. The van der Waals surface area contributed by atoms with Gasteiger partial charge in [-0.3, -0.25) is 4.79 Å². The molecule has 1 aromatic rings. The molecule has 1 aromatic heterocycles. The Kier molecular flexibility index (Phi) is 4.53. The van der Waals surface area contributed by atoms with Gasteiger partial charge in [-0.2, -0.15) is 0 Å². The van der Waals surface area contributed by atoms with Crippen molar-refractivity contribution in [1.29, 1.82) is 0 Å². The second-order valence-corrected chi connectivity index (χ2v) is 5.40. The molecule has 1 fully saturated rings. The Hall–Kier alpha value is -1.16. The summed E-state index contributed by atoms with van der Waals surface area (Å²) < 4.78 is 0. The van der Waals surface area contributed by atoms with E-state index in [4.69, 9.17) is 11.6 Å². The topological polar surface area (TPSA) is 54.9 Å². The highest BCUT2D eigenvalue weighted by atomic mass is 35.5. The van der Waals surface area contributed by atoms with Crippen molar-refractivity contribution in [3.05, 3.63) is 23.2 Å². The van der Waals surface area contributed by atoms with E-state index < -0.39 is 0 Å². The molecule has 1 N–H and O–H groups in total. The molecule has 1 aliphatic carbocycles. The molecule has 0 aromatic carbocycles. The van der Waals surface area contributed by atoms with Crippen molar-refractivity contribution in [2.45, 2.75) is 45.1 Å². The van der Waals surface area contributed by atoms with Crippen molar-refractivity contribution >= 4 is 17.5 Å². The van der Waals surface area contributed by atoms with E-state index in [9.17, 15) is 4.79 Å². The number of nitrogens with one attached hydrogen (secondary N) is 1. The standard InChI is InChI=1S/C13H18ClN3O/c1-9-3-2-4-10(6-5-9)17-13(18)11-7-16-12(14)8-15-11/h7-10H,2-6H2,1H3,(H,17,18). The van der Waals surface area contributed by atoms with Gasteiger partial charge in [0.1, 0.15) is 10.8 Å². The van der Waals surface area contributed by atoms with E-state index in [1.54, 1.807) is 0 Å². The summed E-state index contributed by atoms with van der Waals surface area (Å²) in [5, 5.41) is 3.33. The van der Waals surface area contributed by atoms with Gasteiger partial charge in [0, 0.05) is 6.04 Å². The van der Waals surface area contributed by atoms with Crippen molar-refractivity contribution in [2.24, 2.45) is 5.92 Å². The maximum atomic E-state index is 12.0. The van der Waals surface area contributed by atoms with Crippen molar-refractivity contribution in [1.82, 2.24) is 15.3 Å². The zero-order valence-electron chi connectivity index (χ0n) is 10.5. The Labute approximate surface area is 112 Å². The molecule has 2 unspecified atom stereocenters. The lowest BCUT2D eigenvalue weighted by molar-refractivity contribution is 0.0927. The molecule has 0 bridgehead atoms. The molecule has 1 saturated carbocycles. The fraction of sp³-hybridized carbons (Fsp3) is 0.615. The van der Waals surface area contributed by atoms with Crippen LogP contribution in [0.15, 0.2) is 12.4 Å². The van der Waals surface area contributed by atoms with Crippen molar-refractivity contribution in [3.63, 3.8) is 0 Å². The molecule has 18 heavy (non-hydrogen) atoms. The Morgan fingerprint density at radius 3 is 2.83 bits per heavy atom. The molecular formula is C13H18ClN3O. The third-order valence-corrected chi connectivity index (χ3v) is 3.64. The number of rotatable bonds is 2. The predicted octanol–water partition coefficient (Wildman–Crippen LogP) is 2.83. The quantitative estimate of drug-likeness (QED) is 0.839. The van der Waals surface area contributed by atoms with E-state index >= 15 is 0 Å². The summed E-state index contributed by atoms with van der Waals surface area (Å²) in [7, 11) is 0. The van der Waals surface area contributed by atoms with Crippen LogP contribution in [0.25, 0.3) is 0 Å². The summed E-state index contributed by atoms with van der Waals surface area (Å²) in [6, 6.07) is 0.264. The van der Waals surface area contributed by atoms with Gasteiger partial charge in [-0.05, 0) is 25.2 Å². The van der Waals surface area contributed by atoms with E-state index in [0.717, 1.165) is 18.8 Å². The highest BCUT2D eigenvalue weighted by Crippen LogP contribution is 2.22. The summed E-state index contributed by atoms with van der Waals surface area (Å²) in [6.45, 7) is 2.27. The molecule has 0 aliphatic heterocycles. The Balaban J connectivity index is 1.92. The third kappa shape index (κ3) is 3.67. The van der Waals surface area contributed by atoms with Crippen LogP contribution in [0.1, 0.15) is 49.5 Å². The molecule has 2 atom stereocenters. The average molecular weight is 268 g/mol. The molecule has 1 amide bonds. The van der Waals surface area contributed by atoms with Gasteiger partial charge in [0.2, 0.25) is 0 Å². The fourth-order valence-electron chi connectivity index (χ4n) is 2.32. The highest BCUT2D eigenvalue weighted by molar-refractivity contribution is 6.29. The van der Waals surface area contributed by atoms with E-state index in [1.807, 2.05) is 0 Å². The minimum Gasteiger partial charge on any atom is -0.348 e. The van der Waals surface area contributed by atoms with Crippen molar-refractivity contribution in [2.75, 3.05) is 0 Å². The van der Waals surface area contributed by atoms with Gasteiger partial charge in [-0.15, -0.1) is 0 Å². The average Bonchev–Trinajstić information content (AvgIpc) is 2.55. The Morgan fingerprint density at radius 1 is 1.28 bits per heavy atom. The lowest BCUT2D eigenvalue weighted by atomic mass is 10.0. The van der Waals surface area contributed by atoms with Gasteiger partial charge in [0.25, 0.3) is 5.91 Å². The molecule has 98 valence electrons. The molecule has 4 nitrogen and oxygen atoms in total. The Morgan fingerprint density at radius 2 is 2.11 bits per heavy atom. The number of nitrogens with zero attached hydrogens (tertiary/aromatic N) is 2. The van der Waals surface area contributed by atoms with Crippen LogP contribution < -0.4 is 5.32 Å². The molecule has 1 aliphatic rings. The van der Waals surface area contributed by atoms with Gasteiger partial charge in [-0.25, -0.2) is 9.97 Å². The second kappa shape index (κ2) is 6.14. The minimum absolute atomic E-state index is 0.154. The molecule has 2 rings (SSSR count). The first-order valence-corrected chi connectivity index (χ1v) is 6.81. The summed E-state index contributed by atoms with van der Waals surface area (Å²) >= 11 is 5.64. The first kappa shape index (κ1) is 13.3. The van der Waals surface area contributed by atoms with Gasteiger partial charge < -0.3 is 5.32 Å². The third-order valence-electron chi connectivity index (χ3n) is 3.45. The van der Waals surface area contributed by atoms with E-state index in [2.05, 4.69) is 22.2 Å². The predicted molar refractivity (Wildman–Crippen MR) is 70.5 cm³/mol. The number of halogens is 1. The zero-order chi connectivity index (χ0) is 13.0. The van der Waals surface area contributed by atoms with E-state index in [0.29, 0.717) is 10.8 Å². The fourth-order valence-corrected chi connectivity index (χ4v) is 2.42. The number of hydrogen-bond acceptors (Lipinski definition) is 3. The summed E-state index contributed by atoms with van der Waals surface area (Å²) in [6.07, 6.45) is 8.52. The van der Waals surface area contributed by atoms with Crippen molar-refractivity contribution in [3.8, 4) is 0 Å². The van der Waals surface area contributed by atoms with Crippen LogP contribution in [0.3, 0.4) is 0 Å². The Bertz CT molecular complexity index is 407. The monoisotopic (exact) mass is 267 g/mol. The van der Waals surface area contributed by atoms with Crippen LogP contribution in [-0.2, 0) is 0 Å². The zero-order valence-corrected chi connectivity index (χ0v) is 11.3. The van der Waals surface area contributed by atoms with Crippen LogP contribution in [0.4, 0.5) is 0 Å². The number of amides is 1. The molecular weight excluding hydrogens is 250 g/mol. The number of hydrogen-bond donors (Lipinski definition) is 1. The summed E-state index contributed by atoms with van der Waals surface area (Å²) in [4.78, 5) is 19.8. The molecule has 0 saturated heterocycles. The molecule has 5 heteroatoms. The largest absolute Gasteiger partial charge is 0.348 e. The van der Waals surface area contributed by atoms with Crippen LogP contribution in [0.5, 0.6) is 0 Å². The van der Waals surface area contributed by atoms with Gasteiger partial charge >= 0.3 is 0 Å².